The molecule has 1 fully saturated rings. The van der Waals surface area contributed by atoms with Crippen LogP contribution in [-0.2, 0) is 4.74 Å². The van der Waals surface area contributed by atoms with Crippen molar-refractivity contribution in [3.05, 3.63) is 47.5 Å². The lowest BCUT2D eigenvalue weighted by molar-refractivity contribution is -0.0512. The quantitative estimate of drug-likeness (QED) is 0.813. The normalized spacial score (nSPS) is 14.1. The Morgan fingerprint density at radius 3 is 2.54 bits per heavy atom. The van der Waals surface area contributed by atoms with Crippen molar-refractivity contribution in [2.75, 3.05) is 43.6 Å². The van der Waals surface area contributed by atoms with Crippen LogP contribution in [-0.4, -0.2) is 45.9 Å². The Labute approximate surface area is 162 Å². The van der Waals surface area contributed by atoms with E-state index in [-0.39, 0.29) is 23.0 Å². The molecular formula is C20H22F2N2O4. The number of carbonyl (C=O) groups excluding carboxylic acids is 1. The van der Waals surface area contributed by atoms with Gasteiger partial charge in [0, 0.05) is 30.0 Å². The summed E-state index contributed by atoms with van der Waals surface area (Å²) in [5.41, 5.74) is 2.94. The van der Waals surface area contributed by atoms with E-state index in [0.717, 1.165) is 24.3 Å². The Hall–Kier alpha value is -2.87. The number of rotatable bonds is 6. The molecule has 1 aliphatic rings. The fourth-order valence-electron chi connectivity index (χ4n) is 3.00. The highest BCUT2D eigenvalue weighted by Gasteiger charge is 2.16. The van der Waals surface area contributed by atoms with Gasteiger partial charge in [0.25, 0.3) is 5.91 Å². The third kappa shape index (κ3) is 4.69. The summed E-state index contributed by atoms with van der Waals surface area (Å²) in [6, 6.07) is 9.88. The first-order valence-corrected chi connectivity index (χ1v) is 8.85. The lowest BCUT2D eigenvalue weighted by atomic mass is 10.1. The Morgan fingerprint density at radius 2 is 1.89 bits per heavy atom. The highest BCUT2D eigenvalue weighted by atomic mass is 19.3. The number of halogens is 2. The average molecular weight is 392 g/mol. The third-order valence-corrected chi connectivity index (χ3v) is 4.48. The maximum atomic E-state index is 12.6. The summed E-state index contributed by atoms with van der Waals surface area (Å²) in [5, 5.41) is 2.84. The van der Waals surface area contributed by atoms with Gasteiger partial charge >= 0.3 is 6.61 Å². The lowest BCUT2D eigenvalue weighted by Crippen LogP contribution is -2.36. The smallest absolute Gasteiger partial charge is 0.387 e. The molecule has 1 aliphatic heterocycles. The van der Waals surface area contributed by atoms with Gasteiger partial charge in [-0.1, -0.05) is 0 Å². The molecule has 0 spiro atoms. The Bertz CT molecular complexity index is 839. The minimum atomic E-state index is -2.97. The first-order valence-electron chi connectivity index (χ1n) is 8.85. The molecule has 1 saturated heterocycles. The molecular weight excluding hydrogens is 370 g/mol. The number of carbonyl (C=O) groups is 1. The summed E-state index contributed by atoms with van der Waals surface area (Å²) in [6.07, 6.45) is 0. The molecule has 2 aromatic rings. The number of ether oxygens (including phenoxy) is 3. The third-order valence-electron chi connectivity index (χ3n) is 4.48. The molecule has 0 radical (unpaired) electrons. The van der Waals surface area contributed by atoms with Crippen LogP contribution in [0.5, 0.6) is 11.5 Å². The molecule has 28 heavy (non-hydrogen) atoms. The largest absolute Gasteiger partial charge is 0.493 e. The Morgan fingerprint density at radius 1 is 1.14 bits per heavy atom. The molecule has 1 amide bonds. The standard InChI is InChI=1S/C20H22F2N2O4/c1-13-11-15(24-7-9-27-10-8-24)4-5-16(13)23-19(25)14-3-6-17(28-20(21)22)18(12-14)26-2/h3-6,11-12,20H,7-10H2,1-2H3,(H,23,25). The maximum absolute atomic E-state index is 12.6. The number of alkyl halides is 2. The SMILES string of the molecule is COc1cc(C(=O)Nc2ccc(N3CCOCC3)cc2C)ccc1OC(F)F. The molecule has 1 heterocycles. The van der Waals surface area contributed by atoms with Gasteiger partial charge in [-0.25, -0.2) is 0 Å². The van der Waals surface area contributed by atoms with Crippen molar-refractivity contribution in [1.82, 2.24) is 0 Å². The summed E-state index contributed by atoms with van der Waals surface area (Å²) < 4.78 is 39.6. The van der Waals surface area contributed by atoms with E-state index in [2.05, 4.69) is 15.0 Å². The zero-order valence-electron chi connectivity index (χ0n) is 15.7. The molecule has 0 unspecified atom stereocenters. The van der Waals surface area contributed by atoms with Crippen LogP contribution in [0, 0.1) is 6.92 Å². The van der Waals surface area contributed by atoms with Crippen molar-refractivity contribution in [2.45, 2.75) is 13.5 Å². The minimum absolute atomic E-state index is 0.0623. The predicted molar refractivity (Wildman–Crippen MR) is 102 cm³/mol. The average Bonchev–Trinajstić information content (AvgIpc) is 2.70. The van der Waals surface area contributed by atoms with Gasteiger partial charge in [-0.15, -0.1) is 0 Å². The lowest BCUT2D eigenvalue weighted by Gasteiger charge is -2.29. The fourth-order valence-corrected chi connectivity index (χ4v) is 3.00. The molecule has 3 rings (SSSR count). The monoisotopic (exact) mass is 392 g/mol. The van der Waals surface area contributed by atoms with Crippen molar-refractivity contribution >= 4 is 17.3 Å². The highest BCUT2D eigenvalue weighted by molar-refractivity contribution is 6.05. The van der Waals surface area contributed by atoms with E-state index in [9.17, 15) is 13.6 Å². The van der Waals surface area contributed by atoms with Gasteiger partial charge in [0.1, 0.15) is 0 Å². The van der Waals surface area contributed by atoms with Gasteiger partial charge in [0.15, 0.2) is 11.5 Å². The van der Waals surface area contributed by atoms with Crippen LogP contribution in [0.2, 0.25) is 0 Å². The summed E-state index contributed by atoms with van der Waals surface area (Å²) in [4.78, 5) is 14.8. The van der Waals surface area contributed by atoms with Crippen LogP contribution in [0.4, 0.5) is 20.2 Å². The van der Waals surface area contributed by atoms with Gasteiger partial charge in [-0.2, -0.15) is 8.78 Å². The van der Waals surface area contributed by atoms with Crippen LogP contribution < -0.4 is 19.7 Å². The van der Waals surface area contributed by atoms with Crippen molar-refractivity contribution in [3.8, 4) is 11.5 Å². The summed E-state index contributed by atoms with van der Waals surface area (Å²) in [6.45, 7) is 2.01. The molecule has 150 valence electrons. The highest BCUT2D eigenvalue weighted by Crippen LogP contribution is 2.30. The van der Waals surface area contributed by atoms with Gasteiger partial charge in [-0.3, -0.25) is 4.79 Å². The van der Waals surface area contributed by atoms with E-state index in [1.807, 2.05) is 25.1 Å². The van der Waals surface area contributed by atoms with E-state index in [0.29, 0.717) is 18.9 Å². The van der Waals surface area contributed by atoms with Crippen molar-refractivity contribution in [1.29, 1.82) is 0 Å². The first kappa shape index (κ1) is 19.9. The van der Waals surface area contributed by atoms with Gasteiger partial charge in [0.2, 0.25) is 0 Å². The molecule has 0 saturated carbocycles. The molecule has 0 aromatic heterocycles. The van der Waals surface area contributed by atoms with Gasteiger partial charge in [-0.05, 0) is 48.9 Å². The van der Waals surface area contributed by atoms with E-state index in [1.165, 1.54) is 25.3 Å². The molecule has 2 aromatic carbocycles. The molecule has 8 heteroatoms. The van der Waals surface area contributed by atoms with Crippen LogP contribution in [0.1, 0.15) is 15.9 Å². The predicted octanol–water partition coefficient (Wildman–Crippen LogP) is 3.69. The zero-order chi connectivity index (χ0) is 20.1. The van der Waals surface area contributed by atoms with E-state index < -0.39 is 6.61 Å². The molecule has 0 bridgehead atoms. The van der Waals surface area contributed by atoms with Gasteiger partial charge in [0.05, 0.1) is 20.3 Å². The molecule has 6 nitrogen and oxygen atoms in total. The number of hydrogen-bond donors (Lipinski definition) is 1. The number of benzene rings is 2. The van der Waals surface area contributed by atoms with Crippen LogP contribution in [0.15, 0.2) is 36.4 Å². The van der Waals surface area contributed by atoms with Crippen molar-refractivity contribution in [2.24, 2.45) is 0 Å². The second-order valence-corrected chi connectivity index (χ2v) is 6.30. The number of morpholine rings is 1. The second kappa shape index (κ2) is 8.88. The number of aryl methyl sites for hydroxylation is 1. The summed E-state index contributed by atoms with van der Waals surface area (Å²) >= 11 is 0. The Balaban J connectivity index is 1.73. The summed E-state index contributed by atoms with van der Waals surface area (Å²) in [7, 11) is 1.32. The summed E-state index contributed by atoms with van der Waals surface area (Å²) in [5.74, 6) is -0.434. The van der Waals surface area contributed by atoms with E-state index in [4.69, 9.17) is 9.47 Å². The zero-order valence-corrected chi connectivity index (χ0v) is 15.7. The molecule has 0 atom stereocenters. The second-order valence-electron chi connectivity index (χ2n) is 6.30. The van der Waals surface area contributed by atoms with Crippen molar-refractivity contribution < 1.29 is 27.8 Å². The van der Waals surface area contributed by atoms with Crippen LogP contribution in [0.25, 0.3) is 0 Å². The first-order chi connectivity index (χ1) is 13.5. The maximum Gasteiger partial charge on any atom is 0.387 e. The van der Waals surface area contributed by atoms with Crippen LogP contribution >= 0.6 is 0 Å². The van der Waals surface area contributed by atoms with Gasteiger partial charge < -0.3 is 24.4 Å². The minimum Gasteiger partial charge on any atom is -0.493 e. The number of anilines is 2. The number of methoxy groups -OCH3 is 1. The Kier molecular flexibility index (Phi) is 6.30. The number of nitrogens with one attached hydrogen (secondary N) is 1. The topological polar surface area (TPSA) is 60.0 Å². The molecule has 1 N–H and O–H groups in total. The van der Waals surface area contributed by atoms with E-state index >= 15 is 0 Å². The number of amides is 1. The molecule has 0 aliphatic carbocycles. The van der Waals surface area contributed by atoms with Crippen LogP contribution in [0.3, 0.4) is 0 Å². The number of hydrogen-bond acceptors (Lipinski definition) is 5. The number of nitrogens with zero attached hydrogens (tertiary/aromatic N) is 1. The fraction of sp³-hybridized carbons (Fsp3) is 0.350. The van der Waals surface area contributed by atoms with Crippen molar-refractivity contribution in [3.63, 3.8) is 0 Å². The van der Waals surface area contributed by atoms with E-state index in [1.54, 1.807) is 0 Å².